The standard InChI is InChI=1S/C14H11NO5/c1-2-8-19-11-5-3-4-10(9-11)14(18)20-15-12(16)6-7-13(15)17/h1,3-5,9H,6-8H2. The molecule has 20 heavy (non-hydrogen) atoms. The van der Waals surface area contributed by atoms with E-state index in [4.69, 9.17) is 16.0 Å². The van der Waals surface area contributed by atoms with Crippen molar-refractivity contribution >= 4 is 17.8 Å². The van der Waals surface area contributed by atoms with E-state index in [2.05, 4.69) is 5.92 Å². The van der Waals surface area contributed by atoms with Crippen LogP contribution in [0.25, 0.3) is 0 Å². The first-order valence-electron chi connectivity index (χ1n) is 5.86. The summed E-state index contributed by atoms with van der Waals surface area (Å²) in [6.07, 6.45) is 5.17. The molecule has 0 radical (unpaired) electrons. The SMILES string of the molecule is C#CCOc1cccc(C(=O)ON2C(=O)CCC2=O)c1. The van der Waals surface area contributed by atoms with Crippen LogP contribution in [0.5, 0.6) is 5.75 Å². The van der Waals surface area contributed by atoms with Gasteiger partial charge in [-0.15, -0.1) is 11.5 Å². The Balaban J connectivity index is 2.07. The van der Waals surface area contributed by atoms with Crippen LogP contribution in [0.1, 0.15) is 23.2 Å². The molecule has 0 spiro atoms. The fourth-order valence-electron chi connectivity index (χ4n) is 1.63. The molecule has 1 aliphatic rings. The van der Waals surface area contributed by atoms with Crippen molar-refractivity contribution in [2.75, 3.05) is 6.61 Å². The summed E-state index contributed by atoms with van der Waals surface area (Å²) >= 11 is 0. The lowest BCUT2D eigenvalue weighted by molar-refractivity contribution is -0.172. The van der Waals surface area contributed by atoms with Gasteiger partial charge in [0.25, 0.3) is 11.8 Å². The van der Waals surface area contributed by atoms with E-state index in [-0.39, 0.29) is 25.0 Å². The molecule has 1 aliphatic heterocycles. The van der Waals surface area contributed by atoms with Gasteiger partial charge in [-0.05, 0) is 18.2 Å². The van der Waals surface area contributed by atoms with Gasteiger partial charge in [-0.25, -0.2) is 4.79 Å². The molecule has 2 amide bonds. The first-order valence-corrected chi connectivity index (χ1v) is 5.86. The van der Waals surface area contributed by atoms with Crippen LogP contribution in [0.4, 0.5) is 0 Å². The van der Waals surface area contributed by atoms with Crippen molar-refractivity contribution in [3.8, 4) is 18.1 Å². The van der Waals surface area contributed by atoms with E-state index >= 15 is 0 Å². The van der Waals surface area contributed by atoms with Crippen molar-refractivity contribution < 1.29 is 24.0 Å². The number of benzene rings is 1. The number of hydroxylamine groups is 2. The third-order valence-corrected chi connectivity index (χ3v) is 2.57. The maximum Gasteiger partial charge on any atom is 0.364 e. The maximum atomic E-state index is 11.9. The molecule has 1 aromatic carbocycles. The highest BCUT2D eigenvalue weighted by Gasteiger charge is 2.33. The number of nitrogens with zero attached hydrogens (tertiary/aromatic N) is 1. The molecule has 0 saturated carbocycles. The highest BCUT2D eigenvalue weighted by Crippen LogP contribution is 2.17. The number of rotatable bonds is 4. The third-order valence-electron chi connectivity index (χ3n) is 2.57. The summed E-state index contributed by atoms with van der Waals surface area (Å²) in [6.45, 7) is 0.0710. The minimum absolute atomic E-state index is 0.0530. The average Bonchev–Trinajstić information content (AvgIpc) is 2.77. The summed E-state index contributed by atoms with van der Waals surface area (Å²) in [6, 6.07) is 6.11. The highest BCUT2D eigenvalue weighted by atomic mass is 16.7. The quantitative estimate of drug-likeness (QED) is 0.602. The molecule has 2 rings (SSSR count). The average molecular weight is 273 g/mol. The molecular weight excluding hydrogens is 262 g/mol. The van der Waals surface area contributed by atoms with E-state index in [9.17, 15) is 14.4 Å². The van der Waals surface area contributed by atoms with Gasteiger partial charge in [0, 0.05) is 12.8 Å². The van der Waals surface area contributed by atoms with E-state index in [0.717, 1.165) is 0 Å². The Kier molecular flexibility index (Phi) is 4.01. The van der Waals surface area contributed by atoms with Crippen molar-refractivity contribution in [3.05, 3.63) is 29.8 Å². The number of imide groups is 1. The number of carbonyl (C=O) groups is 3. The molecular formula is C14H11NO5. The fourth-order valence-corrected chi connectivity index (χ4v) is 1.63. The molecule has 6 heteroatoms. The molecule has 0 unspecified atom stereocenters. The number of amides is 2. The number of hydrogen-bond donors (Lipinski definition) is 0. The zero-order valence-corrected chi connectivity index (χ0v) is 10.5. The Morgan fingerprint density at radius 2 is 2.00 bits per heavy atom. The Morgan fingerprint density at radius 1 is 1.30 bits per heavy atom. The molecule has 1 aromatic rings. The maximum absolute atomic E-state index is 11.9. The van der Waals surface area contributed by atoms with Gasteiger partial charge >= 0.3 is 5.97 Å². The number of hydrogen-bond acceptors (Lipinski definition) is 5. The van der Waals surface area contributed by atoms with Crippen molar-refractivity contribution in [3.63, 3.8) is 0 Å². The Hall–Kier alpha value is -2.81. The van der Waals surface area contributed by atoms with Crippen LogP contribution in [0.3, 0.4) is 0 Å². The largest absolute Gasteiger partial charge is 0.481 e. The number of terminal acetylenes is 1. The van der Waals surface area contributed by atoms with Crippen LogP contribution in [0.15, 0.2) is 24.3 Å². The van der Waals surface area contributed by atoms with E-state index in [1.54, 1.807) is 12.1 Å². The Bertz CT molecular complexity index is 586. The van der Waals surface area contributed by atoms with Crippen LogP contribution < -0.4 is 4.74 Å². The van der Waals surface area contributed by atoms with E-state index in [1.165, 1.54) is 12.1 Å². The summed E-state index contributed by atoms with van der Waals surface area (Å²) < 4.78 is 5.17. The molecule has 0 aromatic heterocycles. The fraction of sp³-hybridized carbons (Fsp3) is 0.214. The molecule has 1 saturated heterocycles. The second kappa shape index (κ2) is 5.89. The van der Waals surface area contributed by atoms with Gasteiger partial charge in [-0.2, -0.15) is 0 Å². The van der Waals surface area contributed by atoms with E-state index < -0.39 is 17.8 Å². The zero-order valence-electron chi connectivity index (χ0n) is 10.5. The second-order valence-electron chi connectivity index (χ2n) is 3.98. The summed E-state index contributed by atoms with van der Waals surface area (Å²) in [5.41, 5.74) is 0.159. The predicted molar refractivity (Wildman–Crippen MR) is 67.3 cm³/mol. The van der Waals surface area contributed by atoms with Crippen molar-refractivity contribution in [1.29, 1.82) is 0 Å². The van der Waals surface area contributed by atoms with Crippen LogP contribution in [0.2, 0.25) is 0 Å². The van der Waals surface area contributed by atoms with Gasteiger partial charge in [-0.1, -0.05) is 12.0 Å². The molecule has 102 valence electrons. The minimum Gasteiger partial charge on any atom is -0.481 e. The summed E-state index contributed by atoms with van der Waals surface area (Å²) in [7, 11) is 0. The molecule has 0 N–H and O–H groups in total. The monoisotopic (exact) mass is 273 g/mol. The number of carbonyl (C=O) groups excluding carboxylic acids is 3. The lowest BCUT2D eigenvalue weighted by Gasteiger charge is -2.12. The van der Waals surface area contributed by atoms with Gasteiger partial charge in [0.05, 0.1) is 5.56 Å². The lowest BCUT2D eigenvalue weighted by atomic mass is 10.2. The van der Waals surface area contributed by atoms with Crippen molar-refractivity contribution in [2.45, 2.75) is 12.8 Å². The van der Waals surface area contributed by atoms with Gasteiger partial charge in [0.15, 0.2) is 0 Å². The third kappa shape index (κ3) is 2.95. The van der Waals surface area contributed by atoms with Crippen LogP contribution in [0, 0.1) is 12.3 Å². The molecule has 1 fully saturated rings. The smallest absolute Gasteiger partial charge is 0.364 e. The Labute approximate surface area is 115 Å². The Morgan fingerprint density at radius 3 is 2.65 bits per heavy atom. The summed E-state index contributed by atoms with van der Waals surface area (Å²) in [5.74, 6) is 0.843. The second-order valence-corrected chi connectivity index (χ2v) is 3.98. The highest BCUT2D eigenvalue weighted by molar-refractivity contribution is 6.02. The predicted octanol–water partition coefficient (Wildman–Crippen LogP) is 0.919. The first-order chi connectivity index (χ1) is 9.61. The molecule has 6 nitrogen and oxygen atoms in total. The van der Waals surface area contributed by atoms with Crippen molar-refractivity contribution in [2.24, 2.45) is 0 Å². The lowest BCUT2D eigenvalue weighted by Crippen LogP contribution is -2.32. The van der Waals surface area contributed by atoms with Crippen LogP contribution >= 0.6 is 0 Å². The van der Waals surface area contributed by atoms with Gasteiger partial charge in [0.1, 0.15) is 12.4 Å². The van der Waals surface area contributed by atoms with E-state index in [1.807, 2.05) is 0 Å². The summed E-state index contributed by atoms with van der Waals surface area (Å²) in [4.78, 5) is 39.3. The first kappa shape index (κ1) is 13.6. The van der Waals surface area contributed by atoms with Crippen LogP contribution in [-0.4, -0.2) is 29.5 Å². The van der Waals surface area contributed by atoms with Crippen molar-refractivity contribution in [1.82, 2.24) is 5.06 Å². The topological polar surface area (TPSA) is 72.9 Å². The summed E-state index contributed by atoms with van der Waals surface area (Å²) in [5, 5.41) is 0.497. The molecule has 1 heterocycles. The van der Waals surface area contributed by atoms with Gasteiger partial charge < -0.3 is 9.57 Å². The molecule has 0 aliphatic carbocycles. The number of ether oxygens (including phenoxy) is 1. The minimum atomic E-state index is -0.806. The normalized spacial score (nSPS) is 14.1. The zero-order chi connectivity index (χ0) is 14.5. The molecule has 0 atom stereocenters. The van der Waals surface area contributed by atoms with E-state index in [0.29, 0.717) is 10.8 Å². The van der Waals surface area contributed by atoms with Crippen LogP contribution in [-0.2, 0) is 14.4 Å². The van der Waals surface area contributed by atoms with Gasteiger partial charge in [-0.3, -0.25) is 9.59 Å². The molecule has 0 bridgehead atoms. The van der Waals surface area contributed by atoms with Gasteiger partial charge in [0.2, 0.25) is 0 Å².